The molecule has 0 saturated heterocycles. The van der Waals surface area contributed by atoms with Crippen LogP contribution in [0.4, 0.5) is 0 Å². The van der Waals surface area contributed by atoms with Crippen molar-refractivity contribution >= 4 is 16.9 Å². The van der Waals surface area contributed by atoms with E-state index in [1.807, 2.05) is 30.3 Å². The second-order valence-electron chi connectivity index (χ2n) is 5.57. The standard InChI is InChI=1S/C19H17NO4/c1-20(2)18(21)17-16(12-7-5-4-6-8-12)14-10-9-13(23-3)11-15(14)24-19(17)22/h4-11H,1-3H3. The van der Waals surface area contributed by atoms with Gasteiger partial charge in [-0.15, -0.1) is 0 Å². The fraction of sp³-hybridized carbons (Fsp3) is 0.158. The van der Waals surface area contributed by atoms with Gasteiger partial charge >= 0.3 is 5.63 Å². The molecule has 122 valence electrons. The number of rotatable bonds is 3. The summed E-state index contributed by atoms with van der Waals surface area (Å²) in [6.45, 7) is 0. The highest BCUT2D eigenvalue weighted by Gasteiger charge is 2.23. The molecule has 0 aliphatic heterocycles. The Morgan fingerprint density at radius 3 is 2.42 bits per heavy atom. The van der Waals surface area contributed by atoms with Gasteiger partial charge in [0.15, 0.2) is 0 Å². The quantitative estimate of drug-likeness (QED) is 0.695. The van der Waals surface area contributed by atoms with Crippen LogP contribution in [-0.2, 0) is 0 Å². The summed E-state index contributed by atoms with van der Waals surface area (Å²) in [5.41, 5.74) is 1.11. The number of hydrogen-bond donors (Lipinski definition) is 0. The molecule has 0 N–H and O–H groups in total. The van der Waals surface area contributed by atoms with Gasteiger partial charge in [0.2, 0.25) is 0 Å². The first-order valence-electron chi connectivity index (χ1n) is 7.45. The second kappa shape index (κ2) is 6.20. The molecule has 1 amide bonds. The number of fused-ring (bicyclic) bond motifs is 1. The Hall–Kier alpha value is -3.08. The number of ether oxygens (including phenoxy) is 1. The first kappa shape index (κ1) is 15.8. The minimum absolute atomic E-state index is 0.0314. The number of carbonyl (C=O) groups excluding carboxylic acids is 1. The van der Waals surface area contributed by atoms with E-state index in [0.29, 0.717) is 22.3 Å². The van der Waals surface area contributed by atoms with Crippen molar-refractivity contribution in [3.8, 4) is 16.9 Å². The summed E-state index contributed by atoms with van der Waals surface area (Å²) in [6, 6.07) is 14.6. The Morgan fingerprint density at radius 2 is 1.79 bits per heavy atom. The largest absolute Gasteiger partial charge is 0.497 e. The monoisotopic (exact) mass is 323 g/mol. The number of carbonyl (C=O) groups is 1. The summed E-state index contributed by atoms with van der Waals surface area (Å²) in [5.74, 6) is 0.191. The van der Waals surface area contributed by atoms with Gasteiger partial charge in [-0.2, -0.15) is 0 Å². The number of amides is 1. The molecule has 3 aromatic rings. The fourth-order valence-electron chi connectivity index (χ4n) is 2.63. The van der Waals surface area contributed by atoms with E-state index in [9.17, 15) is 9.59 Å². The van der Waals surface area contributed by atoms with E-state index in [2.05, 4.69) is 0 Å². The van der Waals surface area contributed by atoms with Gasteiger partial charge in [-0.1, -0.05) is 30.3 Å². The zero-order valence-electron chi connectivity index (χ0n) is 13.7. The molecule has 0 bridgehead atoms. The first-order valence-corrected chi connectivity index (χ1v) is 7.45. The third-order valence-electron chi connectivity index (χ3n) is 3.80. The molecule has 0 saturated carbocycles. The van der Waals surface area contributed by atoms with E-state index in [0.717, 1.165) is 5.56 Å². The summed E-state index contributed by atoms with van der Waals surface area (Å²) in [4.78, 5) is 26.5. The van der Waals surface area contributed by atoms with Crippen LogP contribution in [0.15, 0.2) is 57.7 Å². The molecular formula is C19H17NO4. The van der Waals surface area contributed by atoms with Gasteiger partial charge in [-0.05, 0) is 17.7 Å². The molecule has 24 heavy (non-hydrogen) atoms. The average Bonchev–Trinajstić information content (AvgIpc) is 2.60. The third kappa shape index (κ3) is 2.65. The molecule has 5 heteroatoms. The average molecular weight is 323 g/mol. The molecule has 2 aromatic carbocycles. The summed E-state index contributed by atoms with van der Waals surface area (Å²) in [5, 5.41) is 0.687. The Labute approximate surface area is 139 Å². The predicted molar refractivity (Wildman–Crippen MR) is 92.5 cm³/mol. The lowest BCUT2D eigenvalue weighted by molar-refractivity contribution is 0.0824. The smallest absolute Gasteiger partial charge is 0.349 e. The summed E-state index contributed by atoms with van der Waals surface area (Å²) >= 11 is 0. The maximum Gasteiger partial charge on any atom is 0.349 e. The molecule has 3 rings (SSSR count). The van der Waals surface area contributed by atoms with E-state index < -0.39 is 5.63 Å². The Kier molecular flexibility index (Phi) is 4.08. The maximum atomic E-state index is 12.6. The van der Waals surface area contributed by atoms with E-state index in [1.165, 1.54) is 4.90 Å². The van der Waals surface area contributed by atoms with E-state index >= 15 is 0 Å². The number of benzene rings is 2. The summed E-state index contributed by atoms with van der Waals surface area (Å²) < 4.78 is 10.6. The molecule has 0 spiro atoms. The lowest BCUT2D eigenvalue weighted by atomic mass is 9.96. The van der Waals surface area contributed by atoms with Crippen LogP contribution in [0.25, 0.3) is 22.1 Å². The molecule has 1 heterocycles. The van der Waals surface area contributed by atoms with Crippen LogP contribution in [0, 0.1) is 0 Å². The van der Waals surface area contributed by atoms with Crippen LogP contribution in [0.2, 0.25) is 0 Å². The van der Waals surface area contributed by atoms with Crippen LogP contribution in [0.5, 0.6) is 5.75 Å². The van der Waals surface area contributed by atoms with Crippen molar-refractivity contribution in [1.29, 1.82) is 0 Å². The van der Waals surface area contributed by atoms with Crippen molar-refractivity contribution in [2.75, 3.05) is 21.2 Å². The molecule has 1 aromatic heterocycles. The number of hydrogen-bond acceptors (Lipinski definition) is 4. The van der Waals surface area contributed by atoms with Crippen molar-refractivity contribution in [2.24, 2.45) is 0 Å². The van der Waals surface area contributed by atoms with Crippen LogP contribution in [0.3, 0.4) is 0 Å². The minimum Gasteiger partial charge on any atom is -0.497 e. The number of methoxy groups -OCH3 is 1. The highest BCUT2D eigenvalue weighted by molar-refractivity contribution is 6.07. The summed E-state index contributed by atoms with van der Waals surface area (Å²) in [7, 11) is 4.75. The van der Waals surface area contributed by atoms with Crippen molar-refractivity contribution in [3.05, 3.63) is 64.5 Å². The van der Waals surface area contributed by atoms with E-state index in [-0.39, 0.29) is 11.5 Å². The highest BCUT2D eigenvalue weighted by atomic mass is 16.5. The van der Waals surface area contributed by atoms with Crippen molar-refractivity contribution in [1.82, 2.24) is 4.90 Å². The lowest BCUT2D eigenvalue weighted by Gasteiger charge is -2.15. The third-order valence-corrected chi connectivity index (χ3v) is 3.80. The topological polar surface area (TPSA) is 59.8 Å². The predicted octanol–water partition coefficient (Wildman–Crippen LogP) is 3.17. The van der Waals surface area contributed by atoms with Gasteiger partial charge in [0, 0.05) is 31.1 Å². The molecule has 0 aliphatic rings. The number of nitrogens with zero attached hydrogens (tertiary/aromatic N) is 1. The Balaban J connectivity index is 2.44. The van der Waals surface area contributed by atoms with Gasteiger partial charge in [0.1, 0.15) is 16.9 Å². The Bertz CT molecular complexity index is 958. The van der Waals surface area contributed by atoms with Gasteiger partial charge in [-0.3, -0.25) is 4.79 Å². The van der Waals surface area contributed by atoms with Crippen LogP contribution >= 0.6 is 0 Å². The second-order valence-corrected chi connectivity index (χ2v) is 5.57. The molecular weight excluding hydrogens is 306 g/mol. The van der Waals surface area contributed by atoms with Crippen LogP contribution in [-0.4, -0.2) is 32.0 Å². The van der Waals surface area contributed by atoms with Crippen molar-refractivity contribution in [2.45, 2.75) is 0 Å². The molecule has 0 atom stereocenters. The van der Waals surface area contributed by atoms with Crippen LogP contribution in [0.1, 0.15) is 10.4 Å². The van der Waals surface area contributed by atoms with Crippen molar-refractivity contribution < 1.29 is 13.9 Å². The van der Waals surface area contributed by atoms with Gasteiger partial charge in [0.05, 0.1) is 7.11 Å². The van der Waals surface area contributed by atoms with Gasteiger partial charge in [-0.25, -0.2) is 4.79 Å². The molecule has 0 aliphatic carbocycles. The zero-order valence-corrected chi connectivity index (χ0v) is 13.7. The molecule has 0 radical (unpaired) electrons. The zero-order chi connectivity index (χ0) is 17.3. The van der Waals surface area contributed by atoms with Gasteiger partial charge in [0.25, 0.3) is 5.91 Å². The maximum absolute atomic E-state index is 12.6. The summed E-state index contributed by atoms with van der Waals surface area (Å²) in [6.07, 6.45) is 0. The van der Waals surface area contributed by atoms with E-state index in [1.54, 1.807) is 39.4 Å². The molecule has 0 fully saturated rings. The highest BCUT2D eigenvalue weighted by Crippen LogP contribution is 2.32. The minimum atomic E-state index is -0.659. The fourth-order valence-corrected chi connectivity index (χ4v) is 2.63. The van der Waals surface area contributed by atoms with Gasteiger partial charge < -0.3 is 14.1 Å². The SMILES string of the molecule is COc1ccc2c(-c3ccccc3)c(C(=O)N(C)C)c(=O)oc2c1. The van der Waals surface area contributed by atoms with Crippen molar-refractivity contribution in [3.63, 3.8) is 0 Å². The van der Waals surface area contributed by atoms with Crippen LogP contribution < -0.4 is 10.4 Å². The van der Waals surface area contributed by atoms with E-state index in [4.69, 9.17) is 9.15 Å². The Morgan fingerprint density at radius 1 is 1.08 bits per heavy atom. The molecule has 5 nitrogen and oxygen atoms in total. The molecule has 0 unspecified atom stereocenters. The normalized spacial score (nSPS) is 10.6. The lowest BCUT2D eigenvalue weighted by Crippen LogP contribution is -2.28. The first-order chi connectivity index (χ1) is 11.5.